The van der Waals surface area contributed by atoms with Crippen molar-refractivity contribution in [3.63, 3.8) is 0 Å². The average molecular weight is 375 g/mol. The highest BCUT2D eigenvalue weighted by Gasteiger charge is 2.08. The highest BCUT2D eigenvalue weighted by atomic mass is 79.9. The van der Waals surface area contributed by atoms with Crippen molar-refractivity contribution in [1.82, 2.24) is 9.97 Å². The zero-order valence-electron chi connectivity index (χ0n) is 9.54. The van der Waals surface area contributed by atoms with E-state index in [1.807, 2.05) is 6.92 Å². The van der Waals surface area contributed by atoms with Gasteiger partial charge in [0.2, 0.25) is 0 Å². The zero-order chi connectivity index (χ0) is 13.1. The summed E-state index contributed by atoms with van der Waals surface area (Å²) in [5, 5.41) is 3.13. The van der Waals surface area contributed by atoms with Gasteiger partial charge in [0.15, 0.2) is 5.82 Å². The number of rotatable bonds is 3. The third-order valence-corrected chi connectivity index (χ3v) is 3.45. The fraction of sp³-hybridized carbons (Fsp3) is 0.167. The van der Waals surface area contributed by atoms with E-state index in [0.717, 1.165) is 22.4 Å². The van der Waals surface area contributed by atoms with E-state index >= 15 is 0 Å². The molecule has 1 aromatic heterocycles. The van der Waals surface area contributed by atoms with Gasteiger partial charge in [-0.1, -0.05) is 0 Å². The van der Waals surface area contributed by atoms with Crippen LogP contribution in [-0.4, -0.2) is 16.5 Å². The Kier molecular flexibility index (Phi) is 4.29. The lowest BCUT2D eigenvalue weighted by Gasteiger charge is -2.07. The summed E-state index contributed by atoms with van der Waals surface area (Å²) in [6, 6.07) is 4.70. The second kappa shape index (κ2) is 5.75. The van der Waals surface area contributed by atoms with Crippen LogP contribution in [0, 0.1) is 5.82 Å². The minimum absolute atomic E-state index is 0.303. The lowest BCUT2D eigenvalue weighted by atomic mass is 10.2. The normalized spacial score (nSPS) is 10.4. The van der Waals surface area contributed by atoms with Gasteiger partial charge in [0.25, 0.3) is 0 Å². The molecule has 1 N–H and O–H groups in total. The zero-order valence-corrected chi connectivity index (χ0v) is 12.7. The van der Waals surface area contributed by atoms with E-state index in [0.29, 0.717) is 10.3 Å². The fourth-order valence-corrected chi connectivity index (χ4v) is 2.14. The molecule has 0 saturated heterocycles. The standard InChI is InChI=1S/C12H10Br2FN3/c1-2-16-12-9(14)6-17-11(18-12)7-3-4-10(15)8(13)5-7/h3-6H,2H2,1H3,(H,16,17,18). The molecule has 0 amide bonds. The minimum Gasteiger partial charge on any atom is -0.369 e. The van der Waals surface area contributed by atoms with Crippen LogP contribution in [-0.2, 0) is 0 Å². The van der Waals surface area contributed by atoms with Gasteiger partial charge in [-0.3, -0.25) is 0 Å². The van der Waals surface area contributed by atoms with Gasteiger partial charge in [-0.15, -0.1) is 0 Å². The molecule has 0 radical (unpaired) electrons. The molecule has 2 rings (SSSR count). The monoisotopic (exact) mass is 373 g/mol. The summed E-state index contributed by atoms with van der Waals surface area (Å²) in [5.74, 6) is 0.973. The highest BCUT2D eigenvalue weighted by molar-refractivity contribution is 9.10. The van der Waals surface area contributed by atoms with Crippen LogP contribution in [0.3, 0.4) is 0 Å². The van der Waals surface area contributed by atoms with Crippen LogP contribution >= 0.6 is 31.9 Å². The Hall–Kier alpha value is -1.01. The number of hydrogen-bond acceptors (Lipinski definition) is 3. The summed E-state index contributed by atoms with van der Waals surface area (Å²) in [5.41, 5.74) is 0.759. The summed E-state index contributed by atoms with van der Waals surface area (Å²) in [6.45, 7) is 2.75. The first-order valence-corrected chi connectivity index (χ1v) is 6.92. The maximum atomic E-state index is 13.2. The van der Waals surface area contributed by atoms with Gasteiger partial charge in [0.05, 0.1) is 8.95 Å². The first-order chi connectivity index (χ1) is 8.61. The van der Waals surface area contributed by atoms with E-state index in [1.54, 1.807) is 18.3 Å². The molecule has 0 spiro atoms. The van der Waals surface area contributed by atoms with E-state index in [4.69, 9.17) is 0 Å². The molecule has 1 aromatic carbocycles. The Bertz CT molecular complexity index is 575. The molecule has 18 heavy (non-hydrogen) atoms. The van der Waals surface area contributed by atoms with Crippen LogP contribution in [0.2, 0.25) is 0 Å². The molecule has 0 saturated carbocycles. The first-order valence-electron chi connectivity index (χ1n) is 5.33. The number of hydrogen-bond donors (Lipinski definition) is 1. The van der Waals surface area contributed by atoms with Gasteiger partial charge in [-0.25, -0.2) is 14.4 Å². The summed E-state index contributed by atoms with van der Waals surface area (Å²) in [6.07, 6.45) is 1.68. The molecule has 6 heteroatoms. The van der Waals surface area contributed by atoms with Gasteiger partial charge in [-0.05, 0) is 57.0 Å². The van der Waals surface area contributed by atoms with Crippen molar-refractivity contribution in [3.05, 3.63) is 39.2 Å². The second-order valence-electron chi connectivity index (χ2n) is 3.55. The molecular weight excluding hydrogens is 365 g/mol. The number of nitrogens with zero attached hydrogens (tertiary/aromatic N) is 2. The summed E-state index contributed by atoms with van der Waals surface area (Å²) in [4.78, 5) is 8.61. The van der Waals surface area contributed by atoms with Gasteiger partial charge >= 0.3 is 0 Å². The SMILES string of the molecule is CCNc1nc(-c2ccc(F)c(Br)c2)ncc1Br. The number of halogens is 3. The molecule has 0 atom stereocenters. The van der Waals surface area contributed by atoms with Crippen LogP contribution in [0.4, 0.5) is 10.2 Å². The van der Waals surface area contributed by atoms with Crippen LogP contribution in [0.1, 0.15) is 6.92 Å². The molecule has 0 aliphatic carbocycles. The summed E-state index contributed by atoms with van der Waals surface area (Å²) < 4.78 is 14.4. The van der Waals surface area contributed by atoms with Crippen molar-refractivity contribution in [2.75, 3.05) is 11.9 Å². The molecule has 3 nitrogen and oxygen atoms in total. The Labute approximate surface area is 121 Å². The van der Waals surface area contributed by atoms with Gasteiger partial charge in [-0.2, -0.15) is 0 Å². The Balaban J connectivity index is 2.44. The molecule has 0 unspecified atom stereocenters. The molecule has 94 valence electrons. The van der Waals surface area contributed by atoms with Crippen molar-refractivity contribution >= 4 is 37.7 Å². The Morgan fingerprint density at radius 3 is 2.72 bits per heavy atom. The largest absolute Gasteiger partial charge is 0.369 e. The van der Waals surface area contributed by atoms with Crippen LogP contribution in [0.15, 0.2) is 33.3 Å². The van der Waals surface area contributed by atoms with E-state index in [-0.39, 0.29) is 5.82 Å². The molecule has 0 bridgehead atoms. The maximum Gasteiger partial charge on any atom is 0.161 e. The third kappa shape index (κ3) is 2.87. The number of nitrogens with one attached hydrogen (secondary N) is 1. The first kappa shape index (κ1) is 13.4. The maximum absolute atomic E-state index is 13.2. The minimum atomic E-state index is -0.303. The number of benzene rings is 1. The Morgan fingerprint density at radius 2 is 2.06 bits per heavy atom. The van der Waals surface area contributed by atoms with Crippen LogP contribution in [0.25, 0.3) is 11.4 Å². The molecule has 1 heterocycles. The topological polar surface area (TPSA) is 37.8 Å². The van der Waals surface area contributed by atoms with Crippen LogP contribution in [0.5, 0.6) is 0 Å². The van der Waals surface area contributed by atoms with Crippen molar-refractivity contribution in [1.29, 1.82) is 0 Å². The smallest absolute Gasteiger partial charge is 0.161 e. The van der Waals surface area contributed by atoms with Crippen molar-refractivity contribution in [2.45, 2.75) is 6.92 Å². The fourth-order valence-electron chi connectivity index (χ4n) is 1.43. The summed E-state index contributed by atoms with van der Waals surface area (Å²) in [7, 11) is 0. The molecule has 0 fully saturated rings. The lowest BCUT2D eigenvalue weighted by Crippen LogP contribution is -2.02. The summed E-state index contributed by atoms with van der Waals surface area (Å²) >= 11 is 6.52. The number of anilines is 1. The van der Waals surface area contributed by atoms with E-state index in [1.165, 1.54) is 6.07 Å². The van der Waals surface area contributed by atoms with Crippen LogP contribution < -0.4 is 5.32 Å². The van der Waals surface area contributed by atoms with E-state index in [2.05, 4.69) is 47.1 Å². The Morgan fingerprint density at radius 1 is 1.28 bits per heavy atom. The van der Waals surface area contributed by atoms with Crippen molar-refractivity contribution in [2.24, 2.45) is 0 Å². The predicted octanol–water partition coefficient (Wildman–Crippen LogP) is 4.24. The van der Waals surface area contributed by atoms with Gasteiger partial charge in [0.1, 0.15) is 11.6 Å². The van der Waals surface area contributed by atoms with E-state index in [9.17, 15) is 4.39 Å². The lowest BCUT2D eigenvalue weighted by molar-refractivity contribution is 0.621. The highest BCUT2D eigenvalue weighted by Crippen LogP contribution is 2.26. The van der Waals surface area contributed by atoms with E-state index < -0.39 is 0 Å². The molecule has 2 aromatic rings. The predicted molar refractivity (Wildman–Crippen MR) is 77.0 cm³/mol. The molecule has 0 aliphatic rings. The van der Waals surface area contributed by atoms with Gasteiger partial charge in [0, 0.05) is 18.3 Å². The van der Waals surface area contributed by atoms with Crippen molar-refractivity contribution < 1.29 is 4.39 Å². The number of aromatic nitrogens is 2. The quantitative estimate of drug-likeness (QED) is 0.873. The third-order valence-electron chi connectivity index (χ3n) is 2.27. The van der Waals surface area contributed by atoms with Gasteiger partial charge < -0.3 is 5.32 Å². The van der Waals surface area contributed by atoms with Crippen molar-refractivity contribution in [3.8, 4) is 11.4 Å². The average Bonchev–Trinajstić information content (AvgIpc) is 2.36. The molecular formula is C12H10Br2FN3. The second-order valence-corrected chi connectivity index (χ2v) is 5.26. The molecule has 0 aliphatic heterocycles.